The molecule has 0 fully saturated rings. The number of methoxy groups -OCH3 is 1. The maximum atomic E-state index is 13.1. The van der Waals surface area contributed by atoms with Crippen LogP contribution in [0.5, 0.6) is 5.75 Å². The van der Waals surface area contributed by atoms with Crippen LogP contribution in [-0.2, 0) is 0 Å². The van der Waals surface area contributed by atoms with Gasteiger partial charge in [0.1, 0.15) is 0 Å². The Labute approximate surface area is 94.0 Å². The van der Waals surface area contributed by atoms with Gasteiger partial charge in [-0.25, -0.2) is 9.37 Å². The Hall–Kier alpha value is -1.36. The van der Waals surface area contributed by atoms with Gasteiger partial charge >= 0.3 is 0 Å². The summed E-state index contributed by atoms with van der Waals surface area (Å²) in [5, 5.41) is 0. The van der Waals surface area contributed by atoms with Gasteiger partial charge in [-0.1, -0.05) is 0 Å². The highest BCUT2D eigenvalue weighted by Gasteiger charge is 2.11. The third kappa shape index (κ3) is 1.87. The lowest BCUT2D eigenvalue weighted by molar-refractivity contribution is 0.386. The zero-order valence-corrected chi connectivity index (χ0v) is 9.42. The van der Waals surface area contributed by atoms with Crippen molar-refractivity contribution in [3.63, 3.8) is 0 Å². The minimum Gasteiger partial charge on any atom is -0.494 e. The van der Waals surface area contributed by atoms with Gasteiger partial charge in [-0.15, -0.1) is 0 Å². The molecule has 5 heteroatoms. The molecule has 0 aliphatic rings. The number of rotatable bonds is 2. The van der Waals surface area contributed by atoms with Gasteiger partial charge in [-0.05, 0) is 34.1 Å². The number of halogens is 2. The molecule has 0 N–H and O–H groups in total. The highest BCUT2D eigenvalue weighted by Crippen LogP contribution is 2.30. The van der Waals surface area contributed by atoms with Crippen LogP contribution in [0.1, 0.15) is 0 Å². The van der Waals surface area contributed by atoms with Gasteiger partial charge in [-0.2, -0.15) is 0 Å². The topological polar surface area (TPSA) is 35.3 Å². The number of hydrogen-bond acceptors (Lipinski definition) is 3. The molecule has 0 spiro atoms. The van der Waals surface area contributed by atoms with E-state index in [0.29, 0.717) is 15.9 Å². The van der Waals surface area contributed by atoms with Gasteiger partial charge in [0.15, 0.2) is 28.3 Å². The van der Waals surface area contributed by atoms with E-state index in [-0.39, 0.29) is 5.75 Å². The first kappa shape index (κ1) is 10.2. The molecule has 0 unspecified atom stereocenters. The van der Waals surface area contributed by atoms with E-state index in [2.05, 4.69) is 20.9 Å². The first-order valence-corrected chi connectivity index (χ1v) is 4.94. The van der Waals surface area contributed by atoms with E-state index in [9.17, 15) is 4.39 Å². The molecule has 1 aromatic heterocycles. The molecule has 0 bridgehead atoms. The standard InChI is InChI=1S/C10H7BrFNO2/c1-14-8-4-6(2-3-7(8)12)9-10(11)13-5-15-9/h2-5H,1H3. The van der Waals surface area contributed by atoms with Crippen molar-refractivity contribution in [1.29, 1.82) is 0 Å². The summed E-state index contributed by atoms with van der Waals surface area (Å²) in [6.45, 7) is 0. The van der Waals surface area contributed by atoms with E-state index in [1.165, 1.54) is 19.6 Å². The Kier molecular flexibility index (Phi) is 2.73. The van der Waals surface area contributed by atoms with Crippen LogP contribution in [0.25, 0.3) is 11.3 Å². The van der Waals surface area contributed by atoms with Crippen LogP contribution in [0, 0.1) is 5.82 Å². The molecule has 0 aliphatic carbocycles. The summed E-state index contributed by atoms with van der Waals surface area (Å²) in [4.78, 5) is 3.89. The fourth-order valence-corrected chi connectivity index (χ4v) is 1.63. The van der Waals surface area contributed by atoms with Gasteiger partial charge in [0, 0.05) is 5.56 Å². The fraction of sp³-hybridized carbons (Fsp3) is 0.100. The Morgan fingerprint density at radius 2 is 2.27 bits per heavy atom. The van der Waals surface area contributed by atoms with Crippen molar-refractivity contribution in [2.45, 2.75) is 0 Å². The van der Waals surface area contributed by atoms with Crippen molar-refractivity contribution >= 4 is 15.9 Å². The maximum absolute atomic E-state index is 13.1. The molecule has 0 aliphatic heterocycles. The summed E-state index contributed by atoms with van der Waals surface area (Å²) >= 11 is 3.23. The van der Waals surface area contributed by atoms with Crippen molar-refractivity contribution < 1.29 is 13.5 Å². The van der Waals surface area contributed by atoms with E-state index in [1.807, 2.05) is 0 Å². The molecule has 2 aromatic rings. The summed E-state index contributed by atoms with van der Waals surface area (Å²) in [5.41, 5.74) is 0.706. The molecule has 1 heterocycles. The molecule has 3 nitrogen and oxygen atoms in total. The summed E-state index contributed by atoms with van der Waals surface area (Å²) < 4.78 is 23.7. The van der Waals surface area contributed by atoms with Crippen molar-refractivity contribution in [2.24, 2.45) is 0 Å². The monoisotopic (exact) mass is 271 g/mol. The second-order valence-corrected chi connectivity index (χ2v) is 3.57. The van der Waals surface area contributed by atoms with Crippen LogP contribution >= 0.6 is 15.9 Å². The quantitative estimate of drug-likeness (QED) is 0.841. The van der Waals surface area contributed by atoms with Crippen molar-refractivity contribution in [1.82, 2.24) is 4.98 Å². The minimum absolute atomic E-state index is 0.177. The number of oxazole rings is 1. The molecule has 0 radical (unpaired) electrons. The summed E-state index contributed by atoms with van der Waals surface area (Å²) in [6, 6.07) is 4.48. The number of nitrogens with zero attached hydrogens (tertiary/aromatic N) is 1. The second kappa shape index (κ2) is 4.02. The van der Waals surface area contributed by atoms with Gasteiger partial charge in [-0.3, -0.25) is 0 Å². The number of benzene rings is 1. The molecule has 0 saturated heterocycles. The van der Waals surface area contributed by atoms with E-state index < -0.39 is 5.82 Å². The molecule has 78 valence electrons. The molecule has 15 heavy (non-hydrogen) atoms. The van der Waals surface area contributed by atoms with Crippen LogP contribution in [0.4, 0.5) is 4.39 Å². The Morgan fingerprint density at radius 1 is 1.47 bits per heavy atom. The third-order valence-corrected chi connectivity index (χ3v) is 2.50. The Morgan fingerprint density at radius 3 is 2.87 bits per heavy atom. The lowest BCUT2D eigenvalue weighted by atomic mass is 10.2. The summed E-state index contributed by atoms with van der Waals surface area (Å²) in [5.74, 6) is 0.320. The maximum Gasteiger partial charge on any atom is 0.182 e. The van der Waals surface area contributed by atoms with Gasteiger partial charge in [0.05, 0.1) is 7.11 Å². The fourth-order valence-electron chi connectivity index (χ4n) is 1.22. The van der Waals surface area contributed by atoms with Crippen LogP contribution < -0.4 is 4.74 Å². The zero-order chi connectivity index (χ0) is 10.8. The summed E-state index contributed by atoms with van der Waals surface area (Å²) in [6.07, 6.45) is 1.31. The Balaban J connectivity index is 2.51. The van der Waals surface area contributed by atoms with E-state index in [4.69, 9.17) is 9.15 Å². The van der Waals surface area contributed by atoms with Crippen LogP contribution in [-0.4, -0.2) is 12.1 Å². The number of ether oxygens (including phenoxy) is 1. The predicted octanol–water partition coefficient (Wildman–Crippen LogP) is 3.25. The molecule has 1 aromatic carbocycles. The van der Waals surface area contributed by atoms with Crippen molar-refractivity contribution in [2.75, 3.05) is 7.11 Å². The average molecular weight is 272 g/mol. The first-order valence-electron chi connectivity index (χ1n) is 4.15. The van der Waals surface area contributed by atoms with Gasteiger partial charge in [0.25, 0.3) is 0 Å². The van der Waals surface area contributed by atoms with Gasteiger partial charge < -0.3 is 9.15 Å². The molecule has 0 amide bonds. The number of hydrogen-bond donors (Lipinski definition) is 0. The molecule has 0 atom stereocenters. The van der Waals surface area contributed by atoms with Crippen LogP contribution in [0.2, 0.25) is 0 Å². The Bertz CT molecular complexity index is 484. The average Bonchev–Trinajstić information content (AvgIpc) is 2.65. The third-order valence-electron chi connectivity index (χ3n) is 1.94. The zero-order valence-electron chi connectivity index (χ0n) is 7.83. The van der Waals surface area contributed by atoms with E-state index >= 15 is 0 Å². The molecular formula is C10H7BrFNO2. The normalized spacial score (nSPS) is 10.3. The highest BCUT2D eigenvalue weighted by atomic mass is 79.9. The van der Waals surface area contributed by atoms with Crippen molar-refractivity contribution in [3.05, 3.63) is 35.0 Å². The number of aromatic nitrogens is 1. The lowest BCUT2D eigenvalue weighted by Gasteiger charge is -2.03. The predicted molar refractivity (Wildman–Crippen MR) is 56.1 cm³/mol. The molecule has 2 rings (SSSR count). The molecular weight excluding hydrogens is 265 g/mol. The lowest BCUT2D eigenvalue weighted by Crippen LogP contribution is -1.88. The van der Waals surface area contributed by atoms with E-state index in [0.717, 1.165) is 0 Å². The molecule has 0 saturated carbocycles. The summed E-state index contributed by atoms with van der Waals surface area (Å²) in [7, 11) is 1.41. The van der Waals surface area contributed by atoms with Crippen molar-refractivity contribution in [3.8, 4) is 17.1 Å². The van der Waals surface area contributed by atoms with Crippen LogP contribution in [0.3, 0.4) is 0 Å². The SMILES string of the molecule is COc1cc(-c2ocnc2Br)ccc1F. The second-order valence-electron chi connectivity index (χ2n) is 2.82. The van der Waals surface area contributed by atoms with Crippen LogP contribution in [0.15, 0.2) is 33.6 Å². The minimum atomic E-state index is -0.406. The van der Waals surface area contributed by atoms with Gasteiger partial charge in [0.2, 0.25) is 0 Å². The van der Waals surface area contributed by atoms with E-state index in [1.54, 1.807) is 12.1 Å². The largest absolute Gasteiger partial charge is 0.494 e. The highest BCUT2D eigenvalue weighted by molar-refractivity contribution is 9.10. The smallest absolute Gasteiger partial charge is 0.182 e. The first-order chi connectivity index (χ1) is 7.22.